The van der Waals surface area contributed by atoms with Gasteiger partial charge in [0.05, 0.1) is 60.3 Å². The van der Waals surface area contributed by atoms with Crippen LogP contribution in [0.4, 0.5) is 0 Å². The third-order valence-electron chi connectivity index (χ3n) is 18.3. The predicted octanol–water partition coefficient (Wildman–Crippen LogP) is 22.7. The smallest absolute Gasteiger partial charge is 0.657 e. The molecule has 0 unspecified atom stereocenters. The number of aryl methyl sites for hydroxylation is 2. The largest absolute Gasteiger partial charge is 2.00 e. The Labute approximate surface area is 538 Å². The van der Waals surface area contributed by atoms with Gasteiger partial charge in [-0.3, -0.25) is 0 Å². The van der Waals surface area contributed by atoms with Crippen molar-refractivity contribution in [2.75, 3.05) is 26.4 Å². The minimum atomic E-state index is 0. The molecule has 9 heteroatoms. The Balaban J connectivity index is 0.00000982. The number of rotatable bonds is 24. The van der Waals surface area contributed by atoms with E-state index in [4.69, 9.17) is 38.9 Å². The topological polar surface area (TPSA) is 90.9 Å². The van der Waals surface area contributed by atoms with Gasteiger partial charge in [-0.05, 0) is 111 Å². The fraction of sp³-hybridized carbons (Fsp3) is 0.590. The molecular weight excluding hydrogens is 1120 g/mol. The predicted molar refractivity (Wildman–Crippen MR) is 364 cm³/mol. The van der Waals surface area contributed by atoms with Crippen LogP contribution >= 0.6 is 0 Å². The van der Waals surface area contributed by atoms with E-state index < -0.39 is 0 Å². The molecule has 0 N–H and O–H groups in total. The van der Waals surface area contributed by atoms with Crippen LogP contribution in [0.15, 0.2) is 60.7 Å². The van der Waals surface area contributed by atoms with Crippen LogP contribution in [0.25, 0.3) is 68.6 Å². The number of unbranched alkanes of at least 4 members (excludes halogenated alkanes) is 20. The van der Waals surface area contributed by atoms with Crippen molar-refractivity contribution in [3.63, 3.8) is 0 Å². The molecule has 9 heterocycles. The van der Waals surface area contributed by atoms with Gasteiger partial charge < -0.3 is 28.9 Å². The van der Waals surface area contributed by atoms with E-state index >= 15 is 0 Å². The van der Waals surface area contributed by atoms with Crippen LogP contribution in [-0.4, -0.2) is 36.4 Å². The quantitative estimate of drug-likeness (QED) is 0.0437. The maximum absolute atomic E-state index is 7.11. The molecule has 466 valence electrons. The van der Waals surface area contributed by atoms with E-state index in [9.17, 15) is 0 Å². The van der Waals surface area contributed by atoms with Gasteiger partial charge in [0, 0.05) is 11.1 Å². The number of hydrogen-bond donors (Lipinski definition) is 0. The molecule has 0 radical (unpaired) electrons. The van der Waals surface area contributed by atoms with E-state index in [-0.39, 0.29) is 19.5 Å². The first kappa shape index (κ1) is 67.8. The van der Waals surface area contributed by atoms with E-state index in [1.807, 2.05) is 0 Å². The number of nitrogens with zero attached hydrogens (tertiary/aromatic N) is 4. The number of fused-ring (bicyclic) bond motifs is 22. The Bertz CT molecular complexity index is 2770. The number of hydrogen-bond acceptors (Lipinski definition) is 6. The molecule has 87 heavy (non-hydrogen) atoms. The fourth-order valence-electron chi connectivity index (χ4n) is 13.2. The summed E-state index contributed by atoms with van der Waals surface area (Å²) in [6.07, 6.45) is 58.0. The van der Waals surface area contributed by atoms with Crippen molar-refractivity contribution in [1.29, 1.82) is 0 Å². The molecule has 3 aromatic heterocycles. The van der Waals surface area contributed by atoms with Crippen LogP contribution in [-0.2, 0) is 32.3 Å². The standard InChI is InChI=1S/C78H108N4O4.Zn/c1-3-5-7-9-11-13-15-17-23-29-35-41-61-55-71-77-72(56-61)84-52-38-32-26-20-22-28-34-40-54-86-74-58-62(42-36-30-24-18-16-14-12-10-8-6-4-2)57-73(85-53-39-33-27-21-19-25-31-37-51-83-71)78(74)76-69-49-45-65(81-69)59-63-43-47-67(79-63)75(77)68-48-44-64(80-68)60-66-46-50-70(76)82-66;/h43-50,55-60H,3-42,51-54H2,1-2H3;/q-2;+2. The monoisotopic (exact) mass is 1230 g/mol. The summed E-state index contributed by atoms with van der Waals surface area (Å²) in [4.78, 5) is 21.8. The van der Waals surface area contributed by atoms with Crippen LogP contribution in [0.1, 0.15) is 292 Å². The fourth-order valence-corrected chi connectivity index (χ4v) is 13.2. The Morgan fingerprint density at radius 1 is 0.322 bits per heavy atom. The maximum Gasteiger partial charge on any atom is 2.00 e. The molecular formula is C78H108N4O4Zn. The van der Waals surface area contributed by atoms with Crippen molar-refractivity contribution in [3.05, 3.63) is 94.6 Å². The van der Waals surface area contributed by atoms with Gasteiger partial charge in [-0.25, -0.2) is 9.97 Å². The third kappa shape index (κ3) is 22.1. The second-order valence-electron chi connectivity index (χ2n) is 25.6. The van der Waals surface area contributed by atoms with Crippen LogP contribution < -0.4 is 28.9 Å². The number of aromatic nitrogens is 4. The minimum Gasteiger partial charge on any atom is -0.657 e. The Morgan fingerprint density at radius 3 is 0.920 bits per heavy atom. The summed E-state index contributed by atoms with van der Waals surface area (Å²) in [5.41, 5.74) is 13.0. The summed E-state index contributed by atoms with van der Waals surface area (Å²) in [5, 5.41) is 0. The molecule has 11 rings (SSSR count). The van der Waals surface area contributed by atoms with Gasteiger partial charge in [-0.2, -0.15) is 0 Å². The van der Waals surface area contributed by atoms with Gasteiger partial charge in [-0.15, -0.1) is 22.1 Å². The number of benzene rings is 2. The van der Waals surface area contributed by atoms with Crippen molar-refractivity contribution in [2.45, 2.75) is 271 Å². The van der Waals surface area contributed by atoms with Gasteiger partial charge >= 0.3 is 19.5 Å². The zero-order valence-electron chi connectivity index (χ0n) is 54.3. The van der Waals surface area contributed by atoms with E-state index in [1.165, 1.54) is 191 Å². The first-order valence-corrected chi connectivity index (χ1v) is 35.5. The molecule has 6 aliphatic heterocycles. The summed E-state index contributed by atoms with van der Waals surface area (Å²) in [5.74, 6) is 3.48. The van der Waals surface area contributed by atoms with Gasteiger partial charge in [0.25, 0.3) is 0 Å². The molecule has 0 saturated carbocycles. The van der Waals surface area contributed by atoms with E-state index in [0.717, 1.165) is 167 Å². The second-order valence-corrected chi connectivity index (χ2v) is 25.6. The SMILES string of the molecule is CCCCCCCCCCCCCc1cc2c3c(c1)OCCCCCCCCCCOc1cc(CCCCCCCCCCCCC)cc(c1-c1c4nc(cc5ccc([n-]5)c-3c3nc(cc5ccc1[n-]5)C=C3)C=C4)OCCCCCCCCCCO2.[Zn+2]. The zero-order valence-corrected chi connectivity index (χ0v) is 57.3. The molecule has 0 saturated heterocycles. The van der Waals surface area contributed by atoms with Crippen molar-refractivity contribution >= 4 is 46.4 Å². The Kier molecular flexibility index (Phi) is 30.5. The number of ether oxygens (including phenoxy) is 4. The van der Waals surface area contributed by atoms with Crippen molar-refractivity contribution < 1.29 is 38.4 Å². The minimum absolute atomic E-state index is 0. The normalized spacial score (nSPS) is 15.4. The van der Waals surface area contributed by atoms with Crippen LogP contribution in [0.3, 0.4) is 0 Å². The van der Waals surface area contributed by atoms with Crippen LogP contribution in [0, 0.1) is 0 Å². The molecule has 0 fully saturated rings. The van der Waals surface area contributed by atoms with Gasteiger partial charge in [0.1, 0.15) is 23.0 Å². The summed E-state index contributed by atoms with van der Waals surface area (Å²) in [6.45, 7) is 7.18. The Morgan fingerprint density at radius 2 is 0.609 bits per heavy atom. The summed E-state index contributed by atoms with van der Waals surface area (Å²) in [6, 6.07) is 22.1. The summed E-state index contributed by atoms with van der Waals surface area (Å²) < 4.78 is 28.5. The third-order valence-corrected chi connectivity index (χ3v) is 18.3. The molecule has 2 aromatic carbocycles. The van der Waals surface area contributed by atoms with Gasteiger partial charge in [0.15, 0.2) is 0 Å². The molecule has 5 aromatic rings. The Hall–Kier alpha value is -5.14. The van der Waals surface area contributed by atoms with E-state index in [1.54, 1.807) is 0 Å². The molecule has 0 aliphatic carbocycles. The van der Waals surface area contributed by atoms with Crippen molar-refractivity contribution in [3.8, 4) is 45.3 Å². The zero-order chi connectivity index (χ0) is 59.1. The van der Waals surface area contributed by atoms with E-state index in [2.05, 4.69) is 98.8 Å². The van der Waals surface area contributed by atoms with E-state index in [0.29, 0.717) is 26.4 Å². The van der Waals surface area contributed by atoms with Crippen LogP contribution in [0.2, 0.25) is 0 Å². The van der Waals surface area contributed by atoms with Crippen LogP contribution in [0.5, 0.6) is 23.0 Å². The first-order chi connectivity index (χ1) is 42.6. The average Bonchev–Trinajstić information content (AvgIpc) is 2.20. The maximum atomic E-state index is 7.11. The second kappa shape index (κ2) is 39.1. The molecule has 0 amide bonds. The van der Waals surface area contributed by atoms with Crippen molar-refractivity contribution in [1.82, 2.24) is 19.9 Å². The molecule has 6 aliphatic rings. The molecule has 0 spiro atoms. The van der Waals surface area contributed by atoms with Crippen molar-refractivity contribution in [2.24, 2.45) is 0 Å². The molecule has 12 bridgehead atoms. The first-order valence-electron chi connectivity index (χ1n) is 35.5. The average molecular weight is 1230 g/mol. The van der Waals surface area contributed by atoms with Gasteiger partial charge in [-0.1, -0.05) is 256 Å². The summed E-state index contributed by atoms with van der Waals surface area (Å²) in [7, 11) is 0. The summed E-state index contributed by atoms with van der Waals surface area (Å²) >= 11 is 0. The molecule has 0 atom stereocenters. The molecule has 8 nitrogen and oxygen atoms in total. The van der Waals surface area contributed by atoms with Gasteiger partial charge in [0.2, 0.25) is 0 Å².